The molecule has 9 nitrogen and oxygen atoms in total. The van der Waals surface area contributed by atoms with Gasteiger partial charge in [-0.1, -0.05) is 6.08 Å². The predicted octanol–water partition coefficient (Wildman–Crippen LogP) is 4.99. The van der Waals surface area contributed by atoms with Crippen LogP contribution in [0.2, 0.25) is 0 Å². The van der Waals surface area contributed by atoms with E-state index in [-0.39, 0.29) is 0 Å². The molecule has 36 heavy (non-hydrogen) atoms. The van der Waals surface area contributed by atoms with Gasteiger partial charge in [0.15, 0.2) is 11.5 Å². The van der Waals surface area contributed by atoms with Crippen LogP contribution in [0.1, 0.15) is 49.8 Å². The second-order valence-corrected chi connectivity index (χ2v) is 12.7. The molecule has 0 radical (unpaired) electrons. The molecule has 5 heterocycles. The van der Waals surface area contributed by atoms with Crippen molar-refractivity contribution in [3.8, 4) is 11.3 Å². The van der Waals surface area contributed by atoms with Crippen molar-refractivity contribution in [2.75, 3.05) is 18.4 Å². The largest absolute Gasteiger partial charge is 0.329 e. The summed E-state index contributed by atoms with van der Waals surface area (Å²) in [6, 6.07) is 1.89. The lowest BCUT2D eigenvalue weighted by Gasteiger charge is -2.15. The summed E-state index contributed by atoms with van der Waals surface area (Å²) in [7, 11) is -1.59. The van der Waals surface area contributed by atoms with Crippen molar-refractivity contribution in [3.63, 3.8) is 0 Å². The van der Waals surface area contributed by atoms with Gasteiger partial charge in [-0.05, 0) is 62.7 Å². The van der Waals surface area contributed by atoms with Crippen molar-refractivity contribution < 1.29 is 8.42 Å². The number of imidazole rings is 1. The maximum absolute atomic E-state index is 13.2. The van der Waals surface area contributed by atoms with E-state index in [2.05, 4.69) is 32.1 Å². The van der Waals surface area contributed by atoms with Gasteiger partial charge in [-0.15, -0.1) is 11.3 Å². The molecule has 0 atom stereocenters. The summed E-state index contributed by atoms with van der Waals surface area (Å²) >= 11 is 1.26. The van der Waals surface area contributed by atoms with E-state index in [1.54, 1.807) is 8.99 Å². The molecule has 0 amide bonds. The van der Waals surface area contributed by atoms with E-state index in [4.69, 9.17) is 4.98 Å². The van der Waals surface area contributed by atoms with Gasteiger partial charge in [0.25, 0.3) is 10.0 Å². The Kier molecular flexibility index (Phi) is 5.93. The number of rotatable bonds is 6. The second kappa shape index (κ2) is 9.13. The quantitative estimate of drug-likeness (QED) is 0.383. The van der Waals surface area contributed by atoms with Gasteiger partial charge in [0, 0.05) is 38.1 Å². The van der Waals surface area contributed by atoms with Crippen LogP contribution in [0.5, 0.6) is 0 Å². The SMILES string of the molecule is Cc1cc(Nc2nc(C3=CCCCC3)cn3c(-c4cnn(C)c4)cnc23)sc1S(=O)(=O)N1CCCC1. The number of sulfonamides is 1. The number of thiophene rings is 1. The topological polar surface area (TPSA) is 97.4 Å². The Labute approximate surface area is 214 Å². The number of allylic oxidation sites excluding steroid dienone is 2. The smallest absolute Gasteiger partial charge is 0.252 e. The van der Waals surface area contributed by atoms with Gasteiger partial charge in [0.1, 0.15) is 4.21 Å². The molecule has 0 aromatic carbocycles. The number of hydrogen-bond donors (Lipinski definition) is 1. The van der Waals surface area contributed by atoms with E-state index in [1.165, 1.54) is 23.3 Å². The molecule has 4 aromatic heterocycles. The van der Waals surface area contributed by atoms with Gasteiger partial charge in [-0.25, -0.2) is 18.4 Å². The fraction of sp³-hybridized carbons (Fsp3) is 0.400. The summed E-state index contributed by atoms with van der Waals surface area (Å²) in [5.74, 6) is 0.612. The first-order valence-corrected chi connectivity index (χ1v) is 14.6. The molecule has 0 unspecified atom stereocenters. The highest BCUT2D eigenvalue weighted by Crippen LogP contribution is 2.37. The molecule has 1 fully saturated rings. The summed E-state index contributed by atoms with van der Waals surface area (Å²) in [5, 5.41) is 8.47. The Bertz CT molecular complexity index is 1570. The Balaban J connectivity index is 1.43. The summed E-state index contributed by atoms with van der Waals surface area (Å²) in [4.78, 5) is 9.66. The molecule has 1 N–H and O–H groups in total. The molecule has 1 aliphatic carbocycles. The van der Waals surface area contributed by atoms with E-state index >= 15 is 0 Å². The monoisotopic (exact) mass is 523 g/mol. The Hall–Kier alpha value is -3.02. The molecular weight excluding hydrogens is 494 g/mol. The van der Waals surface area contributed by atoms with Gasteiger partial charge >= 0.3 is 0 Å². The third-order valence-electron chi connectivity index (χ3n) is 6.87. The van der Waals surface area contributed by atoms with Gasteiger partial charge in [0.2, 0.25) is 0 Å². The van der Waals surface area contributed by atoms with Crippen LogP contribution in [0.4, 0.5) is 10.8 Å². The van der Waals surface area contributed by atoms with Gasteiger partial charge in [-0.3, -0.25) is 9.08 Å². The maximum atomic E-state index is 13.2. The zero-order chi connectivity index (χ0) is 24.9. The number of aryl methyl sites for hydroxylation is 2. The van der Waals surface area contributed by atoms with E-state index in [0.29, 0.717) is 28.8 Å². The lowest BCUT2D eigenvalue weighted by molar-refractivity contribution is 0.479. The van der Waals surface area contributed by atoms with Crippen LogP contribution in [-0.2, 0) is 17.1 Å². The lowest BCUT2D eigenvalue weighted by atomic mass is 9.97. The number of nitrogens with one attached hydrogen (secondary N) is 1. The van der Waals surface area contributed by atoms with Crippen molar-refractivity contribution in [1.29, 1.82) is 0 Å². The Morgan fingerprint density at radius 3 is 2.64 bits per heavy atom. The lowest BCUT2D eigenvalue weighted by Crippen LogP contribution is -2.27. The summed E-state index contributed by atoms with van der Waals surface area (Å²) in [5.41, 5.74) is 5.47. The van der Waals surface area contributed by atoms with Crippen molar-refractivity contribution in [2.45, 2.75) is 49.7 Å². The van der Waals surface area contributed by atoms with Crippen LogP contribution in [0, 0.1) is 6.92 Å². The van der Waals surface area contributed by atoms with E-state index in [9.17, 15) is 8.42 Å². The van der Waals surface area contributed by atoms with Crippen molar-refractivity contribution in [3.05, 3.63) is 48.2 Å². The first kappa shape index (κ1) is 23.4. The summed E-state index contributed by atoms with van der Waals surface area (Å²) in [6.45, 7) is 3.03. The van der Waals surface area contributed by atoms with Crippen LogP contribution in [0.25, 0.3) is 22.5 Å². The minimum absolute atomic E-state index is 0.397. The van der Waals surface area contributed by atoms with Crippen LogP contribution in [0.3, 0.4) is 0 Å². The van der Waals surface area contributed by atoms with Crippen molar-refractivity contribution in [1.82, 2.24) is 28.5 Å². The van der Waals surface area contributed by atoms with Crippen molar-refractivity contribution in [2.24, 2.45) is 7.05 Å². The fourth-order valence-electron chi connectivity index (χ4n) is 5.01. The third-order valence-corrected chi connectivity index (χ3v) is 10.5. The van der Waals surface area contributed by atoms with Gasteiger partial charge in [0.05, 0.1) is 28.8 Å². The Morgan fingerprint density at radius 2 is 1.92 bits per heavy atom. The number of hydrogen-bond acceptors (Lipinski definition) is 7. The molecule has 4 aromatic rings. The minimum atomic E-state index is -3.49. The first-order chi connectivity index (χ1) is 17.4. The molecule has 11 heteroatoms. The van der Waals surface area contributed by atoms with E-state index in [0.717, 1.165) is 59.6 Å². The number of nitrogens with zero attached hydrogens (tertiary/aromatic N) is 6. The maximum Gasteiger partial charge on any atom is 0.252 e. The normalized spacial score (nSPS) is 17.1. The molecule has 188 valence electrons. The van der Waals surface area contributed by atoms with Gasteiger partial charge < -0.3 is 5.32 Å². The molecule has 1 aliphatic heterocycles. The highest BCUT2D eigenvalue weighted by Gasteiger charge is 2.30. The minimum Gasteiger partial charge on any atom is -0.329 e. The van der Waals surface area contributed by atoms with Crippen LogP contribution >= 0.6 is 11.3 Å². The predicted molar refractivity (Wildman–Crippen MR) is 142 cm³/mol. The van der Waals surface area contributed by atoms with Crippen LogP contribution < -0.4 is 5.32 Å². The molecule has 2 aliphatic rings. The Morgan fingerprint density at radius 1 is 1.08 bits per heavy atom. The number of aromatic nitrogens is 5. The second-order valence-electron chi connectivity index (χ2n) is 9.51. The average molecular weight is 524 g/mol. The summed E-state index contributed by atoms with van der Waals surface area (Å²) in [6.07, 6.45) is 16.2. The summed E-state index contributed by atoms with van der Waals surface area (Å²) < 4.78 is 32.3. The number of fused-ring (bicyclic) bond motifs is 1. The zero-order valence-corrected chi connectivity index (χ0v) is 22.1. The van der Waals surface area contributed by atoms with E-state index < -0.39 is 10.0 Å². The molecule has 0 spiro atoms. The van der Waals surface area contributed by atoms with Gasteiger partial charge in [-0.2, -0.15) is 9.40 Å². The molecule has 0 bridgehead atoms. The average Bonchev–Trinajstić information content (AvgIpc) is 3.67. The molecule has 6 rings (SSSR count). The van der Waals surface area contributed by atoms with E-state index in [1.807, 2.05) is 38.6 Å². The molecule has 1 saturated heterocycles. The molecule has 0 saturated carbocycles. The number of anilines is 2. The highest BCUT2D eigenvalue weighted by molar-refractivity contribution is 7.91. The fourth-order valence-corrected chi connectivity index (χ4v) is 8.26. The highest BCUT2D eigenvalue weighted by atomic mass is 32.2. The van der Waals surface area contributed by atoms with Crippen LogP contribution in [0.15, 0.2) is 41.1 Å². The first-order valence-electron chi connectivity index (χ1n) is 12.3. The van der Waals surface area contributed by atoms with Crippen molar-refractivity contribution >= 4 is 43.4 Å². The standard InChI is InChI=1S/C25H29N7O2S2/c1-17-12-22(35-25(17)36(33,34)31-10-6-7-11-31)29-23-24-26-14-21(19-13-27-30(2)15-19)32(24)16-20(28-23)18-8-4-3-5-9-18/h8,12-16H,3-7,9-11H2,1-2H3,(H,28,29). The third kappa shape index (κ3) is 4.14. The molecular formula is C25H29N7O2S2. The zero-order valence-electron chi connectivity index (χ0n) is 20.4. The van der Waals surface area contributed by atoms with Crippen LogP contribution in [-0.4, -0.2) is 50.0 Å².